The van der Waals surface area contributed by atoms with Gasteiger partial charge in [-0.2, -0.15) is 0 Å². The number of ether oxygens (including phenoxy) is 3. The molecule has 0 spiro atoms. The van der Waals surface area contributed by atoms with Crippen LogP contribution >= 0.6 is 7.82 Å². The van der Waals surface area contributed by atoms with Gasteiger partial charge in [-0.1, -0.05) is 131 Å². The summed E-state index contributed by atoms with van der Waals surface area (Å²) in [5.74, 6) is -0.956. The zero-order valence-corrected chi connectivity index (χ0v) is 35.4. The number of epoxide rings is 1. The average Bonchev–Trinajstić information content (AvgIpc) is 3.94. The smallest absolute Gasteiger partial charge is 0.462 e. The maximum absolute atomic E-state index is 12.6. The van der Waals surface area contributed by atoms with Gasteiger partial charge in [-0.25, -0.2) is 4.57 Å². The molecule has 0 radical (unpaired) electrons. The first-order valence-electron chi connectivity index (χ1n) is 21.2. The summed E-state index contributed by atoms with van der Waals surface area (Å²) in [5.41, 5.74) is 5.34. The molecule has 318 valence electrons. The minimum absolute atomic E-state index is 0.0351. The van der Waals surface area contributed by atoms with Crippen LogP contribution in [0.2, 0.25) is 0 Å². The molecule has 1 fully saturated rings. The first kappa shape index (κ1) is 51.2. The fraction of sp³-hybridized carbons (Fsp3) is 0.644. The second kappa shape index (κ2) is 36.5. The van der Waals surface area contributed by atoms with E-state index in [9.17, 15) is 19.0 Å². The second-order valence-corrected chi connectivity index (χ2v) is 15.3. The van der Waals surface area contributed by atoms with E-state index in [1.165, 1.54) is 19.3 Å². The Labute approximate surface area is 339 Å². The van der Waals surface area contributed by atoms with Gasteiger partial charge in [0.1, 0.15) is 6.61 Å². The van der Waals surface area contributed by atoms with E-state index in [4.69, 9.17) is 29.0 Å². The van der Waals surface area contributed by atoms with Crippen LogP contribution in [0.4, 0.5) is 0 Å². The Morgan fingerprint density at radius 1 is 0.643 bits per heavy atom. The molecule has 0 aliphatic carbocycles. The molecule has 0 aromatic carbocycles. The van der Waals surface area contributed by atoms with Crippen LogP contribution in [0.3, 0.4) is 0 Å². The lowest BCUT2D eigenvalue weighted by atomic mass is 10.1. The summed E-state index contributed by atoms with van der Waals surface area (Å²) in [4.78, 5) is 34.8. The normalized spacial score (nSPS) is 17.8. The molecule has 56 heavy (non-hydrogen) atoms. The number of nitrogens with two attached hydrogens (primary N) is 1. The van der Waals surface area contributed by atoms with E-state index in [-0.39, 0.29) is 32.6 Å². The monoisotopic (exact) mass is 804 g/mol. The molecule has 1 aliphatic heterocycles. The Bertz CT molecular complexity index is 1260. The van der Waals surface area contributed by atoms with Crippen LogP contribution in [0.5, 0.6) is 0 Å². The van der Waals surface area contributed by atoms with E-state index >= 15 is 0 Å². The minimum atomic E-state index is -4.40. The summed E-state index contributed by atoms with van der Waals surface area (Å²) < 4.78 is 38.3. The van der Waals surface area contributed by atoms with Crippen molar-refractivity contribution < 1.29 is 42.3 Å². The van der Waals surface area contributed by atoms with Crippen LogP contribution in [0.15, 0.2) is 85.1 Å². The van der Waals surface area contributed by atoms with Crippen molar-refractivity contribution in [2.45, 2.75) is 161 Å². The molecule has 0 bridgehead atoms. The first-order chi connectivity index (χ1) is 27.3. The quantitative estimate of drug-likeness (QED) is 0.0204. The van der Waals surface area contributed by atoms with Gasteiger partial charge >= 0.3 is 19.8 Å². The van der Waals surface area contributed by atoms with E-state index in [2.05, 4.69) is 86.8 Å². The fourth-order valence-electron chi connectivity index (χ4n) is 5.44. The van der Waals surface area contributed by atoms with Crippen molar-refractivity contribution in [1.82, 2.24) is 0 Å². The highest BCUT2D eigenvalue weighted by molar-refractivity contribution is 7.47. The van der Waals surface area contributed by atoms with Gasteiger partial charge in [0.05, 0.1) is 25.4 Å². The largest absolute Gasteiger partial charge is 0.472 e. The van der Waals surface area contributed by atoms with E-state index in [1.807, 2.05) is 12.2 Å². The molecule has 3 N–H and O–H groups in total. The van der Waals surface area contributed by atoms with Crippen molar-refractivity contribution in [3.8, 4) is 0 Å². The van der Waals surface area contributed by atoms with Crippen molar-refractivity contribution in [2.24, 2.45) is 5.73 Å². The summed E-state index contributed by atoms with van der Waals surface area (Å²) in [6.45, 7) is 3.45. The number of unbranched alkanes of at least 4 members (excludes halogenated alkanes) is 8. The van der Waals surface area contributed by atoms with Gasteiger partial charge in [-0.3, -0.25) is 18.6 Å². The van der Waals surface area contributed by atoms with Crippen LogP contribution in [0.25, 0.3) is 0 Å². The molecule has 1 aliphatic rings. The molecule has 0 amide bonds. The van der Waals surface area contributed by atoms with Crippen LogP contribution in [0, 0.1) is 0 Å². The summed E-state index contributed by atoms with van der Waals surface area (Å²) in [7, 11) is -4.40. The van der Waals surface area contributed by atoms with Crippen molar-refractivity contribution in [1.29, 1.82) is 0 Å². The van der Waals surface area contributed by atoms with E-state index in [1.54, 1.807) is 0 Å². The third kappa shape index (κ3) is 33.3. The molecule has 1 rings (SSSR count). The molecule has 1 heterocycles. The SMILES string of the molecule is CC/C=C\CC1OC1C/C=C\C/C=C\C/C=C\C/C=C\CCC(=O)OC[C@H](COP(=O)(O)OCCN)OC(=O)CCCCCCC/C=C\C/C=C\CCCCC. The van der Waals surface area contributed by atoms with E-state index in [0.717, 1.165) is 83.5 Å². The van der Waals surface area contributed by atoms with Crippen molar-refractivity contribution in [3.05, 3.63) is 85.1 Å². The predicted molar refractivity (Wildman–Crippen MR) is 228 cm³/mol. The molecule has 0 aromatic heterocycles. The number of carbonyl (C=O) groups excluding carboxylic acids is 2. The maximum Gasteiger partial charge on any atom is 0.472 e. The third-order valence-corrected chi connectivity index (χ3v) is 9.67. The molecule has 4 atom stereocenters. The number of allylic oxidation sites excluding steroid dienone is 12. The van der Waals surface area contributed by atoms with Crippen LogP contribution in [-0.2, 0) is 37.4 Å². The third-order valence-electron chi connectivity index (χ3n) is 8.68. The van der Waals surface area contributed by atoms with Crippen LogP contribution in [0.1, 0.15) is 142 Å². The second-order valence-electron chi connectivity index (χ2n) is 13.9. The highest BCUT2D eigenvalue weighted by Gasteiger charge is 2.36. The van der Waals surface area contributed by atoms with Gasteiger partial charge < -0.3 is 24.8 Å². The summed E-state index contributed by atoms with van der Waals surface area (Å²) in [6, 6.07) is 0. The lowest BCUT2D eigenvalue weighted by Crippen LogP contribution is -2.29. The Kier molecular flexibility index (Phi) is 33.3. The number of phosphoric acid groups is 1. The van der Waals surface area contributed by atoms with E-state index < -0.39 is 32.5 Å². The Morgan fingerprint density at radius 2 is 1.18 bits per heavy atom. The number of carbonyl (C=O) groups is 2. The van der Waals surface area contributed by atoms with Crippen molar-refractivity contribution in [2.75, 3.05) is 26.4 Å². The Balaban J connectivity index is 2.25. The summed E-state index contributed by atoms with van der Waals surface area (Å²) in [5, 5.41) is 0. The van der Waals surface area contributed by atoms with Gasteiger partial charge in [0.25, 0.3) is 0 Å². The first-order valence-corrected chi connectivity index (χ1v) is 22.7. The van der Waals surface area contributed by atoms with Crippen LogP contribution in [-0.4, -0.2) is 61.5 Å². The fourth-order valence-corrected chi connectivity index (χ4v) is 6.20. The molecule has 10 nitrogen and oxygen atoms in total. The number of hydrogen-bond donors (Lipinski definition) is 2. The number of rotatable bonds is 37. The Hall–Kier alpha value is -2.85. The lowest BCUT2D eigenvalue weighted by Gasteiger charge is -2.19. The highest BCUT2D eigenvalue weighted by atomic mass is 31.2. The summed E-state index contributed by atoms with van der Waals surface area (Å²) >= 11 is 0. The van der Waals surface area contributed by atoms with Gasteiger partial charge in [0.2, 0.25) is 0 Å². The zero-order chi connectivity index (χ0) is 40.8. The zero-order valence-electron chi connectivity index (χ0n) is 34.5. The number of phosphoric ester groups is 1. The molecule has 1 saturated heterocycles. The van der Waals surface area contributed by atoms with Gasteiger partial charge in [0, 0.05) is 19.4 Å². The van der Waals surface area contributed by atoms with Crippen molar-refractivity contribution in [3.63, 3.8) is 0 Å². The summed E-state index contributed by atoms with van der Waals surface area (Å²) in [6.07, 6.45) is 48.1. The van der Waals surface area contributed by atoms with Crippen molar-refractivity contribution >= 4 is 19.8 Å². The van der Waals surface area contributed by atoms with E-state index in [0.29, 0.717) is 25.0 Å². The van der Waals surface area contributed by atoms with Gasteiger partial charge in [0.15, 0.2) is 6.10 Å². The molecular weight excluding hydrogens is 729 g/mol. The Morgan fingerprint density at radius 3 is 1.79 bits per heavy atom. The lowest BCUT2D eigenvalue weighted by molar-refractivity contribution is -0.161. The van der Waals surface area contributed by atoms with Crippen LogP contribution < -0.4 is 5.73 Å². The number of hydrogen-bond acceptors (Lipinski definition) is 9. The highest BCUT2D eigenvalue weighted by Crippen LogP contribution is 2.43. The number of esters is 2. The molecule has 0 saturated carbocycles. The molecule has 3 unspecified atom stereocenters. The molecular formula is C45H74NO9P. The van der Waals surface area contributed by atoms with Gasteiger partial charge in [-0.05, 0) is 83.5 Å². The predicted octanol–water partition coefficient (Wildman–Crippen LogP) is 11.0. The van der Waals surface area contributed by atoms with Gasteiger partial charge in [-0.15, -0.1) is 0 Å². The topological polar surface area (TPSA) is 147 Å². The molecule has 0 aromatic rings. The molecule has 11 heteroatoms. The maximum atomic E-state index is 12.6. The standard InChI is InChI=1S/C45H74NO9P/c1-3-5-7-8-9-10-11-12-13-14-19-22-25-28-32-36-45(48)54-41(40-53-56(49,50)52-38-37-46)39-51-44(47)35-31-27-24-21-18-16-15-17-20-23-26-30-34-43-42(55-43)33-29-6-4-2/h6,9-10,12-13,16-18,20,24,26-27,29-30,41-43H,3-5,7-8,11,14-15,19,21-23,25,28,31-40,46H2,1-2H3,(H,49,50)/b10-9-,13-12-,18-16-,20-17-,27-24-,29-6-,30-26-/t41-,42?,43?/m1/s1. The minimum Gasteiger partial charge on any atom is -0.462 e. The average molecular weight is 804 g/mol.